The number of aryl methyl sites for hydroxylation is 1. The van der Waals surface area contributed by atoms with Crippen molar-refractivity contribution in [2.75, 3.05) is 6.54 Å². The smallest absolute Gasteiger partial charge is 0.255 e. The quantitative estimate of drug-likeness (QED) is 0.807. The van der Waals surface area contributed by atoms with Gasteiger partial charge in [-0.05, 0) is 34.5 Å². The average molecular weight is 321 g/mol. The van der Waals surface area contributed by atoms with E-state index in [1.807, 2.05) is 34.6 Å². The van der Waals surface area contributed by atoms with E-state index in [-0.39, 0.29) is 5.91 Å². The number of carbonyl (C=O) groups is 1. The van der Waals surface area contributed by atoms with Crippen LogP contribution in [0.2, 0.25) is 0 Å². The molecule has 19 heavy (non-hydrogen) atoms. The Hall–Kier alpha value is -1.69. The first-order valence-electron chi connectivity index (χ1n) is 6.08. The van der Waals surface area contributed by atoms with E-state index in [0.717, 1.165) is 22.4 Å². The van der Waals surface area contributed by atoms with Gasteiger partial charge in [0.1, 0.15) is 6.33 Å². The highest BCUT2D eigenvalue weighted by Gasteiger charge is 2.24. The summed E-state index contributed by atoms with van der Waals surface area (Å²) in [5, 5.41) is 7.90. The number of hydrogen-bond donors (Lipinski definition) is 0. The zero-order chi connectivity index (χ0) is 13.4. The predicted octanol–water partition coefficient (Wildman–Crippen LogP) is 2.01. The minimum atomic E-state index is 0.0322. The molecule has 0 spiro atoms. The summed E-state index contributed by atoms with van der Waals surface area (Å²) in [5.74, 6) is 0.869. The van der Waals surface area contributed by atoms with Crippen LogP contribution in [0, 0.1) is 6.92 Å². The second kappa shape index (κ2) is 4.77. The Bertz CT molecular complexity index is 637. The molecule has 0 aliphatic carbocycles. The third-order valence-electron chi connectivity index (χ3n) is 3.35. The summed E-state index contributed by atoms with van der Waals surface area (Å²) < 4.78 is 2.85. The van der Waals surface area contributed by atoms with Crippen LogP contribution < -0.4 is 0 Å². The second-order valence-corrected chi connectivity index (χ2v) is 5.40. The molecule has 0 saturated heterocycles. The molecule has 3 rings (SSSR count). The van der Waals surface area contributed by atoms with Crippen LogP contribution in [0.4, 0.5) is 0 Å². The van der Waals surface area contributed by atoms with Crippen molar-refractivity contribution >= 4 is 21.8 Å². The summed E-state index contributed by atoms with van der Waals surface area (Å²) in [6, 6.07) is 5.73. The standard InChI is InChI=1S/C13H13BrN4O/c1-9-3-2-4-10(12(9)14)13(19)17-5-6-18-8-15-16-11(18)7-17/h2-4,8H,5-7H2,1H3. The first kappa shape index (κ1) is 12.3. The van der Waals surface area contributed by atoms with Gasteiger partial charge in [-0.25, -0.2) is 0 Å². The maximum absolute atomic E-state index is 12.5. The molecule has 6 heteroatoms. The van der Waals surface area contributed by atoms with Crippen LogP contribution in [0.15, 0.2) is 29.0 Å². The van der Waals surface area contributed by atoms with Gasteiger partial charge in [0.2, 0.25) is 0 Å². The topological polar surface area (TPSA) is 51.0 Å². The van der Waals surface area contributed by atoms with Crippen molar-refractivity contribution < 1.29 is 4.79 Å². The molecule has 1 aromatic carbocycles. The molecule has 0 fully saturated rings. The van der Waals surface area contributed by atoms with Crippen LogP contribution in [-0.4, -0.2) is 32.1 Å². The highest BCUT2D eigenvalue weighted by atomic mass is 79.9. The molecule has 2 heterocycles. The van der Waals surface area contributed by atoms with Crippen LogP contribution in [-0.2, 0) is 13.1 Å². The molecule has 1 aromatic heterocycles. The minimum absolute atomic E-state index is 0.0322. The van der Waals surface area contributed by atoms with Crippen molar-refractivity contribution in [3.05, 3.63) is 46.0 Å². The molecule has 0 saturated carbocycles. The summed E-state index contributed by atoms with van der Waals surface area (Å²) >= 11 is 3.49. The zero-order valence-electron chi connectivity index (χ0n) is 10.5. The van der Waals surface area contributed by atoms with Crippen molar-refractivity contribution in [3.63, 3.8) is 0 Å². The van der Waals surface area contributed by atoms with Gasteiger partial charge in [-0.3, -0.25) is 4.79 Å². The SMILES string of the molecule is Cc1cccc(C(=O)N2CCn3cnnc3C2)c1Br. The Labute approximate surface area is 119 Å². The lowest BCUT2D eigenvalue weighted by Gasteiger charge is -2.27. The van der Waals surface area contributed by atoms with Crippen molar-refractivity contribution in [1.82, 2.24) is 19.7 Å². The fourth-order valence-electron chi connectivity index (χ4n) is 2.22. The third kappa shape index (κ3) is 2.16. The summed E-state index contributed by atoms with van der Waals surface area (Å²) in [5.41, 5.74) is 1.76. The van der Waals surface area contributed by atoms with Crippen LogP contribution in [0.25, 0.3) is 0 Å². The van der Waals surface area contributed by atoms with Gasteiger partial charge < -0.3 is 9.47 Å². The Balaban J connectivity index is 1.88. The molecule has 98 valence electrons. The highest BCUT2D eigenvalue weighted by molar-refractivity contribution is 9.10. The van der Waals surface area contributed by atoms with Crippen LogP contribution in [0.3, 0.4) is 0 Å². The number of carbonyl (C=O) groups excluding carboxylic acids is 1. The summed E-state index contributed by atoms with van der Waals surface area (Å²) in [6.45, 7) is 3.93. The first-order valence-corrected chi connectivity index (χ1v) is 6.87. The van der Waals surface area contributed by atoms with Gasteiger partial charge in [0.05, 0.1) is 12.1 Å². The van der Waals surface area contributed by atoms with Gasteiger partial charge in [-0.1, -0.05) is 12.1 Å². The first-order chi connectivity index (χ1) is 9.16. The Morgan fingerprint density at radius 3 is 3.05 bits per heavy atom. The van der Waals surface area contributed by atoms with Crippen molar-refractivity contribution in [2.24, 2.45) is 0 Å². The van der Waals surface area contributed by atoms with Gasteiger partial charge in [-0.2, -0.15) is 0 Å². The number of nitrogens with zero attached hydrogens (tertiary/aromatic N) is 4. The Morgan fingerprint density at radius 1 is 1.37 bits per heavy atom. The second-order valence-electron chi connectivity index (χ2n) is 4.60. The maximum Gasteiger partial charge on any atom is 0.255 e. The van der Waals surface area contributed by atoms with Crippen molar-refractivity contribution in [2.45, 2.75) is 20.0 Å². The summed E-state index contributed by atoms with van der Waals surface area (Å²) in [7, 11) is 0. The summed E-state index contributed by atoms with van der Waals surface area (Å²) in [4.78, 5) is 14.4. The molecule has 0 unspecified atom stereocenters. The van der Waals surface area contributed by atoms with Crippen molar-refractivity contribution in [3.8, 4) is 0 Å². The van der Waals surface area contributed by atoms with E-state index < -0.39 is 0 Å². The molecular weight excluding hydrogens is 308 g/mol. The van der Waals surface area contributed by atoms with Gasteiger partial charge in [0.25, 0.3) is 5.91 Å². The lowest BCUT2D eigenvalue weighted by molar-refractivity contribution is 0.0706. The van der Waals surface area contributed by atoms with Crippen molar-refractivity contribution in [1.29, 1.82) is 0 Å². The molecular formula is C13H13BrN4O. The number of rotatable bonds is 1. The molecule has 1 aliphatic rings. The van der Waals surface area contributed by atoms with Crippen LogP contribution >= 0.6 is 15.9 Å². The van der Waals surface area contributed by atoms with E-state index in [2.05, 4.69) is 26.1 Å². The lowest BCUT2D eigenvalue weighted by atomic mass is 10.1. The molecule has 0 N–H and O–H groups in total. The van der Waals surface area contributed by atoms with Gasteiger partial charge in [-0.15, -0.1) is 10.2 Å². The number of hydrogen-bond acceptors (Lipinski definition) is 3. The minimum Gasteiger partial charge on any atom is -0.329 e. The summed E-state index contributed by atoms with van der Waals surface area (Å²) in [6.07, 6.45) is 1.71. The lowest BCUT2D eigenvalue weighted by Crippen LogP contribution is -2.38. The number of halogens is 1. The zero-order valence-corrected chi connectivity index (χ0v) is 12.1. The van der Waals surface area contributed by atoms with Gasteiger partial charge in [0.15, 0.2) is 5.82 Å². The third-order valence-corrected chi connectivity index (χ3v) is 4.40. The van der Waals surface area contributed by atoms with Crippen LogP contribution in [0.5, 0.6) is 0 Å². The number of aromatic nitrogens is 3. The predicted molar refractivity (Wildman–Crippen MR) is 73.6 cm³/mol. The molecule has 0 bridgehead atoms. The van der Waals surface area contributed by atoms with E-state index in [1.165, 1.54) is 0 Å². The largest absolute Gasteiger partial charge is 0.329 e. The Morgan fingerprint density at radius 2 is 2.21 bits per heavy atom. The Kier molecular flexibility index (Phi) is 3.10. The highest BCUT2D eigenvalue weighted by Crippen LogP contribution is 2.23. The normalized spacial score (nSPS) is 14.3. The monoisotopic (exact) mass is 320 g/mol. The molecule has 1 aliphatic heterocycles. The van der Waals surface area contributed by atoms with E-state index in [4.69, 9.17) is 0 Å². The van der Waals surface area contributed by atoms with Gasteiger partial charge >= 0.3 is 0 Å². The van der Waals surface area contributed by atoms with E-state index in [1.54, 1.807) is 6.33 Å². The van der Waals surface area contributed by atoms with E-state index in [9.17, 15) is 4.79 Å². The average Bonchev–Trinajstić information content (AvgIpc) is 2.88. The number of fused-ring (bicyclic) bond motifs is 1. The molecule has 5 nitrogen and oxygen atoms in total. The molecule has 2 aromatic rings. The maximum atomic E-state index is 12.5. The molecule has 0 atom stereocenters. The fraction of sp³-hybridized carbons (Fsp3) is 0.308. The van der Waals surface area contributed by atoms with Crippen LogP contribution in [0.1, 0.15) is 21.7 Å². The molecule has 0 radical (unpaired) electrons. The number of benzene rings is 1. The van der Waals surface area contributed by atoms with E-state index in [0.29, 0.717) is 18.7 Å². The van der Waals surface area contributed by atoms with Gasteiger partial charge in [0, 0.05) is 17.6 Å². The molecule has 1 amide bonds. The van der Waals surface area contributed by atoms with E-state index >= 15 is 0 Å². The fourth-order valence-corrected chi connectivity index (χ4v) is 2.66. The number of amides is 1.